The van der Waals surface area contributed by atoms with E-state index in [1.807, 2.05) is 4.90 Å². The van der Waals surface area contributed by atoms with Crippen LogP contribution in [0.3, 0.4) is 0 Å². The van der Waals surface area contributed by atoms with Crippen LogP contribution in [0.15, 0.2) is 0 Å². The largest absolute Gasteiger partial charge is 0.326 e. The Morgan fingerprint density at radius 1 is 1.31 bits per heavy atom. The first-order chi connectivity index (χ1) is 5.83. The number of carbonyl (C=O) groups is 1. The van der Waals surface area contributed by atoms with Gasteiger partial charge in [0.1, 0.15) is 0 Å². The van der Waals surface area contributed by atoms with E-state index in [0.717, 1.165) is 6.54 Å². The Morgan fingerprint density at radius 3 is 2.15 bits per heavy atom. The van der Waals surface area contributed by atoms with Crippen LogP contribution in [0.4, 0.5) is 0 Å². The van der Waals surface area contributed by atoms with Crippen molar-refractivity contribution in [3.8, 4) is 11.8 Å². The van der Waals surface area contributed by atoms with Crippen molar-refractivity contribution >= 4 is 5.91 Å². The van der Waals surface area contributed by atoms with Gasteiger partial charge in [0.25, 0.3) is 5.91 Å². The lowest BCUT2D eigenvalue weighted by Gasteiger charge is -2.60. The third kappa shape index (κ3) is 1.33. The van der Waals surface area contributed by atoms with Gasteiger partial charge in [-0.2, -0.15) is 0 Å². The monoisotopic (exact) mass is 179 g/mol. The zero-order valence-corrected chi connectivity index (χ0v) is 9.06. The summed E-state index contributed by atoms with van der Waals surface area (Å²) in [5.41, 5.74) is 0.145. The standard InChI is InChI=1S/C11H17NO/c1-6-7-9(13)12-8-10(2,3)11(12,4)5/h8H2,1-5H3. The summed E-state index contributed by atoms with van der Waals surface area (Å²) in [6.45, 7) is 11.0. The Labute approximate surface area is 80.3 Å². The summed E-state index contributed by atoms with van der Waals surface area (Å²) in [5.74, 6) is 5.17. The minimum absolute atomic E-state index is 0.0492. The fraction of sp³-hybridized carbons (Fsp3) is 0.727. The highest BCUT2D eigenvalue weighted by Gasteiger charge is 2.54. The summed E-state index contributed by atoms with van der Waals surface area (Å²) in [6.07, 6.45) is 0. The first kappa shape index (κ1) is 10.1. The van der Waals surface area contributed by atoms with Gasteiger partial charge >= 0.3 is 0 Å². The molecule has 0 aromatic carbocycles. The van der Waals surface area contributed by atoms with Crippen LogP contribution in [0.1, 0.15) is 34.6 Å². The van der Waals surface area contributed by atoms with Crippen LogP contribution in [-0.4, -0.2) is 22.9 Å². The molecular formula is C11H17NO. The van der Waals surface area contributed by atoms with E-state index in [1.54, 1.807) is 6.92 Å². The summed E-state index contributed by atoms with van der Waals surface area (Å²) in [5, 5.41) is 0. The van der Waals surface area contributed by atoms with Crippen LogP contribution < -0.4 is 0 Å². The summed E-state index contributed by atoms with van der Waals surface area (Å²) >= 11 is 0. The normalized spacial score (nSPS) is 22.7. The van der Waals surface area contributed by atoms with E-state index in [0.29, 0.717) is 0 Å². The molecule has 0 atom stereocenters. The fourth-order valence-electron chi connectivity index (χ4n) is 1.56. The van der Waals surface area contributed by atoms with Crippen molar-refractivity contribution in [2.75, 3.05) is 6.54 Å². The van der Waals surface area contributed by atoms with Crippen LogP contribution in [0.2, 0.25) is 0 Å². The molecule has 0 spiro atoms. The predicted molar refractivity (Wildman–Crippen MR) is 53.0 cm³/mol. The second-order valence-corrected chi connectivity index (χ2v) is 4.71. The van der Waals surface area contributed by atoms with Gasteiger partial charge in [0.15, 0.2) is 0 Å². The maximum Gasteiger partial charge on any atom is 0.298 e. The number of hydrogen-bond donors (Lipinski definition) is 0. The lowest BCUT2D eigenvalue weighted by Crippen LogP contribution is -2.70. The molecule has 0 bridgehead atoms. The molecule has 0 unspecified atom stereocenters. The van der Waals surface area contributed by atoms with Gasteiger partial charge in [-0.25, -0.2) is 0 Å². The van der Waals surface area contributed by atoms with Crippen molar-refractivity contribution in [1.29, 1.82) is 0 Å². The molecule has 72 valence electrons. The summed E-state index contributed by atoms with van der Waals surface area (Å²) in [4.78, 5) is 13.3. The molecule has 1 heterocycles. The van der Waals surface area contributed by atoms with Crippen molar-refractivity contribution < 1.29 is 4.79 Å². The number of nitrogens with zero attached hydrogens (tertiary/aromatic N) is 1. The molecule has 1 aliphatic heterocycles. The van der Waals surface area contributed by atoms with Gasteiger partial charge in [-0.05, 0) is 26.7 Å². The van der Waals surface area contributed by atoms with Gasteiger partial charge in [-0.15, -0.1) is 0 Å². The third-order valence-corrected chi connectivity index (χ3v) is 3.36. The molecule has 0 radical (unpaired) electrons. The summed E-state index contributed by atoms with van der Waals surface area (Å²) in [7, 11) is 0. The Bertz CT molecular complexity index is 291. The van der Waals surface area contributed by atoms with Crippen LogP contribution >= 0.6 is 0 Å². The van der Waals surface area contributed by atoms with E-state index in [9.17, 15) is 4.79 Å². The zero-order chi connectivity index (χ0) is 10.3. The lowest BCUT2D eigenvalue weighted by atomic mass is 9.65. The Balaban J connectivity index is 2.78. The predicted octanol–water partition coefficient (Wildman–Crippen LogP) is 1.66. The van der Waals surface area contributed by atoms with Crippen molar-refractivity contribution in [2.45, 2.75) is 40.2 Å². The number of carbonyl (C=O) groups excluding carboxylic acids is 1. The minimum atomic E-state index is -0.0616. The van der Waals surface area contributed by atoms with E-state index in [4.69, 9.17) is 0 Å². The second-order valence-electron chi connectivity index (χ2n) is 4.71. The van der Waals surface area contributed by atoms with Crippen molar-refractivity contribution in [3.63, 3.8) is 0 Å². The van der Waals surface area contributed by atoms with Crippen molar-refractivity contribution in [1.82, 2.24) is 4.90 Å². The SMILES string of the molecule is CC#CC(=O)N1CC(C)(C)C1(C)C. The number of hydrogen-bond acceptors (Lipinski definition) is 1. The van der Waals surface area contributed by atoms with E-state index in [-0.39, 0.29) is 16.9 Å². The lowest BCUT2D eigenvalue weighted by molar-refractivity contribution is -0.160. The highest BCUT2D eigenvalue weighted by Crippen LogP contribution is 2.46. The maximum atomic E-state index is 11.5. The van der Waals surface area contributed by atoms with Gasteiger partial charge in [0.05, 0.1) is 0 Å². The molecule has 2 heteroatoms. The van der Waals surface area contributed by atoms with Crippen LogP contribution in [0.25, 0.3) is 0 Å². The maximum absolute atomic E-state index is 11.5. The molecular weight excluding hydrogens is 162 g/mol. The summed E-state index contributed by atoms with van der Waals surface area (Å²) < 4.78 is 0. The second kappa shape index (κ2) is 2.77. The Hall–Kier alpha value is -0.970. The average Bonchev–Trinajstić information content (AvgIpc) is 2.00. The number of likely N-dealkylation sites (tertiary alicyclic amines) is 1. The van der Waals surface area contributed by atoms with Crippen LogP contribution in [0.5, 0.6) is 0 Å². The Morgan fingerprint density at radius 2 is 1.85 bits per heavy atom. The molecule has 1 aliphatic rings. The highest BCUT2D eigenvalue weighted by atomic mass is 16.2. The average molecular weight is 179 g/mol. The smallest absolute Gasteiger partial charge is 0.298 e. The first-order valence-electron chi connectivity index (χ1n) is 4.57. The molecule has 1 rings (SSSR count). The molecule has 1 fully saturated rings. The molecule has 0 N–H and O–H groups in total. The van der Waals surface area contributed by atoms with Gasteiger partial charge in [-0.3, -0.25) is 4.79 Å². The number of rotatable bonds is 0. The van der Waals surface area contributed by atoms with Gasteiger partial charge in [-0.1, -0.05) is 19.8 Å². The highest BCUT2D eigenvalue weighted by molar-refractivity contribution is 5.94. The fourth-order valence-corrected chi connectivity index (χ4v) is 1.56. The molecule has 0 aromatic rings. The first-order valence-corrected chi connectivity index (χ1v) is 4.57. The molecule has 2 nitrogen and oxygen atoms in total. The van der Waals surface area contributed by atoms with Gasteiger partial charge in [0, 0.05) is 17.5 Å². The molecule has 1 saturated heterocycles. The topological polar surface area (TPSA) is 20.3 Å². The molecule has 13 heavy (non-hydrogen) atoms. The molecule has 0 saturated carbocycles. The summed E-state index contributed by atoms with van der Waals surface area (Å²) in [6, 6.07) is 0. The minimum Gasteiger partial charge on any atom is -0.326 e. The molecule has 0 aromatic heterocycles. The zero-order valence-electron chi connectivity index (χ0n) is 9.06. The van der Waals surface area contributed by atoms with E-state index >= 15 is 0 Å². The molecule has 0 aliphatic carbocycles. The van der Waals surface area contributed by atoms with Gasteiger partial charge in [0.2, 0.25) is 0 Å². The molecule has 1 amide bonds. The van der Waals surface area contributed by atoms with E-state index in [1.165, 1.54) is 0 Å². The van der Waals surface area contributed by atoms with Crippen molar-refractivity contribution in [3.05, 3.63) is 0 Å². The van der Waals surface area contributed by atoms with E-state index in [2.05, 4.69) is 39.5 Å². The van der Waals surface area contributed by atoms with Crippen molar-refractivity contribution in [2.24, 2.45) is 5.41 Å². The third-order valence-electron chi connectivity index (χ3n) is 3.36. The Kier molecular flexibility index (Phi) is 2.15. The van der Waals surface area contributed by atoms with Crippen LogP contribution in [0, 0.1) is 17.3 Å². The van der Waals surface area contributed by atoms with E-state index < -0.39 is 0 Å². The van der Waals surface area contributed by atoms with Gasteiger partial charge < -0.3 is 4.90 Å². The quantitative estimate of drug-likeness (QED) is 0.518. The number of amides is 1. The van der Waals surface area contributed by atoms with Crippen LogP contribution in [-0.2, 0) is 4.79 Å².